The first-order valence-electron chi connectivity index (χ1n) is 9.03. The van der Waals surface area contributed by atoms with Crippen molar-refractivity contribution in [2.75, 3.05) is 20.2 Å². The molecular weight excluding hydrogens is 330 g/mol. The van der Waals surface area contributed by atoms with Crippen LogP contribution in [0.2, 0.25) is 0 Å². The van der Waals surface area contributed by atoms with Gasteiger partial charge in [-0.3, -0.25) is 4.79 Å². The Morgan fingerprint density at radius 1 is 1.35 bits per heavy atom. The summed E-state index contributed by atoms with van der Waals surface area (Å²) in [6, 6.07) is 11.6. The number of nitrogens with zero attached hydrogens (tertiary/aromatic N) is 2. The van der Waals surface area contributed by atoms with Crippen molar-refractivity contribution in [3.63, 3.8) is 0 Å². The number of carbonyl (C=O) groups excluding carboxylic acids is 1. The fourth-order valence-electron chi connectivity index (χ4n) is 3.66. The van der Waals surface area contributed by atoms with Crippen molar-refractivity contribution in [1.82, 2.24) is 14.9 Å². The minimum Gasteiger partial charge on any atom is -0.453 e. The maximum Gasteiger partial charge on any atom is 0.289 e. The van der Waals surface area contributed by atoms with E-state index in [1.165, 1.54) is 0 Å². The molecule has 0 bridgehead atoms. The lowest BCUT2D eigenvalue weighted by atomic mass is 9.94. The first kappa shape index (κ1) is 16.8. The highest BCUT2D eigenvalue weighted by Crippen LogP contribution is 2.23. The van der Waals surface area contributed by atoms with Gasteiger partial charge in [-0.2, -0.15) is 0 Å². The van der Waals surface area contributed by atoms with Gasteiger partial charge in [0, 0.05) is 26.6 Å². The van der Waals surface area contributed by atoms with E-state index >= 15 is 0 Å². The summed E-state index contributed by atoms with van der Waals surface area (Å²) in [7, 11) is 1.61. The molecule has 1 amide bonds. The first-order valence-corrected chi connectivity index (χ1v) is 9.03. The van der Waals surface area contributed by atoms with Crippen molar-refractivity contribution >= 4 is 16.9 Å². The number of hydrogen-bond acceptors (Lipinski definition) is 4. The molecule has 1 fully saturated rings. The standard InChI is InChI=1S/C20H23N3O3/c1-25-13-15-8-9-18(26-15)20(24)23-10-4-5-14(12-23)11-19-21-16-6-2-3-7-17(16)22-19/h2-3,6-9,14H,4-5,10-13H2,1H3,(H,21,22). The van der Waals surface area contributed by atoms with Gasteiger partial charge in [-0.05, 0) is 43.0 Å². The highest BCUT2D eigenvalue weighted by molar-refractivity contribution is 5.91. The number of ether oxygens (including phenoxy) is 1. The molecular formula is C20H23N3O3. The van der Waals surface area contributed by atoms with E-state index in [0.717, 1.165) is 49.2 Å². The summed E-state index contributed by atoms with van der Waals surface area (Å²) in [6.45, 7) is 1.88. The van der Waals surface area contributed by atoms with E-state index in [2.05, 4.69) is 9.97 Å². The third kappa shape index (κ3) is 3.51. The van der Waals surface area contributed by atoms with E-state index in [9.17, 15) is 4.79 Å². The predicted molar refractivity (Wildman–Crippen MR) is 97.8 cm³/mol. The molecule has 0 spiro atoms. The van der Waals surface area contributed by atoms with Crippen LogP contribution in [-0.4, -0.2) is 41.0 Å². The Kier molecular flexibility index (Phi) is 4.75. The largest absolute Gasteiger partial charge is 0.453 e. The van der Waals surface area contributed by atoms with E-state index in [0.29, 0.717) is 24.0 Å². The molecule has 1 aromatic carbocycles. The van der Waals surface area contributed by atoms with Crippen LogP contribution in [0.5, 0.6) is 0 Å². The number of aromatic amines is 1. The molecule has 0 aliphatic carbocycles. The maximum absolute atomic E-state index is 12.7. The lowest BCUT2D eigenvalue weighted by Crippen LogP contribution is -2.40. The number of rotatable bonds is 5. The number of furan rings is 1. The number of likely N-dealkylation sites (tertiary alicyclic amines) is 1. The minimum atomic E-state index is -0.0401. The van der Waals surface area contributed by atoms with Gasteiger partial charge in [0.2, 0.25) is 0 Å². The predicted octanol–water partition coefficient (Wildman–Crippen LogP) is 3.40. The SMILES string of the molecule is COCc1ccc(C(=O)N2CCCC(Cc3nc4ccccc4[nH]3)C2)o1. The Bertz CT molecular complexity index is 865. The lowest BCUT2D eigenvalue weighted by molar-refractivity contribution is 0.0633. The van der Waals surface area contributed by atoms with E-state index < -0.39 is 0 Å². The van der Waals surface area contributed by atoms with Crippen LogP contribution in [0.15, 0.2) is 40.8 Å². The second-order valence-electron chi connectivity index (χ2n) is 6.86. The van der Waals surface area contributed by atoms with Gasteiger partial charge in [-0.1, -0.05) is 12.1 Å². The second-order valence-corrected chi connectivity index (χ2v) is 6.86. The molecule has 1 aliphatic rings. The van der Waals surface area contributed by atoms with Gasteiger partial charge in [-0.15, -0.1) is 0 Å². The molecule has 136 valence electrons. The molecule has 1 aliphatic heterocycles. The van der Waals surface area contributed by atoms with Crippen LogP contribution < -0.4 is 0 Å². The number of fused-ring (bicyclic) bond motifs is 1. The van der Waals surface area contributed by atoms with Crippen molar-refractivity contribution in [3.8, 4) is 0 Å². The molecule has 6 heteroatoms. The van der Waals surface area contributed by atoms with Gasteiger partial charge >= 0.3 is 0 Å². The zero-order valence-electron chi connectivity index (χ0n) is 14.9. The van der Waals surface area contributed by atoms with Gasteiger partial charge in [0.05, 0.1) is 11.0 Å². The summed E-state index contributed by atoms with van der Waals surface area (Å²) in [4.78, 5) is 22.7. The molecule has 6 nitrogen and oxygen atoms in total. The van der Waals surface area contributed by atoms with E-state index in [1.54, 1.807) is 19.2 Å². The number of nitrogens with one attached hydrogen (secondary N) is 1. The topological polar surface area (TPSA) is 71.4 Å². The van der Waals surface area contributed by atoms with Crippen LogP contribution in [-0.2, 0) is 17.8 Å². The summed E-state index contributed by atoms with van der Waals surface area (Å²) in [5.41, 5.74) is 2.06. The Morgan fingerprint density at radius 3 is 3.08 bits per heavy atom. The zero-order chi connectivity index (χ0) is 17.9. The Morgan fingerprint density at radius 2 is 2.23 bits per heavy atom. The van der Waals surface area contributed by atoms with Crippen LogP contribution in [0.1, 0.15) is 35.0 Å². The molecule has 1 saturated heterocycles. The molecule has 3 heterocycles. The van der Waals surface area contributed by atoms with Crippen molar-refractivity contribution < 1.29 is 13.9 Å². The molecule has 3 aromatic rings. The normalized spacial score (nSPS) is 17.7. The lowest BCUT2D eigenvalue weighted by Gasteiger charge is -2.31. The monoisotopic (exact) mass is 353 g/mol. The number of imidazole rings is 1. The summed E-state index contributed by atoms with van der Waals surface area (Å²) < 4.78 is 10.6. The van der Waals surface area contributed by atoms with Crippen molar-refractivity contribution in [2.24, 2.45) is 5.92 Å². The van der Waals surface area contributed by atoms with E-state index in [-0.39, 0.29) is 5.91 Å². The number of aromatic nitrogens is 2. The molecule has 4 rings (SSSR count). The summed E-state index contributed by atoms with van der Waals surface area (Å²) >= 11 is 0. The van der Waals surface area contributed by atoms with Crippen LogP contribution in [0, 0.1) is 5.92 Å². The fourth-order valence-corrected chi connectivity index (χ4v) is 3.66. The molecule has 1 N–H and O–H groups in total. The molecule has 26 heavy (non-hydrogen) atoms. The smallest absolute Gasteiger partial charge is 0.289 e. The Balaban J connectivity index is 1.42. The average molecular weight is 353 g/mol. The second kappa shape index (κ2) is 7.33. The quantitative estimate of drug-likeness (QED) is 0.763. The number of benzene rings is 1. The van der Waals surface area contributed by atoms with Crippen molar-refractivity contribution in [1.29, 1.82) is 0 Å². The molecule has 0 saturated carbocycles. The van der Waals surface area contributed by atoms with Crippen LogP contribution in [0.4, 0.5) is 0 Å². The summed E-state index contributed by atoms with van der Waals surface area (Å²) in [5.74, 6) is 2.42. The third-order valence-corrected chi connectivity index (χ3v) is 4.89. The average Bonchev–Trinajstić information content (AvgIpc) is 3.28. The number of H-pyrrole nitrogens is 1. The molecule has 2 aromatic heterocycles. The summed E-state index contributed by atoms with van der Waals surface area (Å²) in [5, 5.41) is 0. The highest BCUT2D eigenvalue weighted by atomic mass is 16.5. The van der Waals surface area contributed by atoms with E-state index in [4.69, 9.17) is 9.15 Å². The number of hydrogen-bond donors (Lipinski definition) is 1. The molecule has 1 atom stereocenters. The van der Waals surface area contributed by atoms with Crippen LogP contribution in [0.25, 0.3) is 11.0 Å². The van der Waals surface area contributed by atoms with Gasteiger partial charge in [0.25, 0.3) is 5.91 Å². The van der Waals surface area contributed by atoms with Gasteiger partial charge < -0.3 is 19.0 Å². The maximum atomic E-state index is 12.7. The minimum absolute atomic E-state index is 0.0401. The number of carbonyl (C=O) groups is 1. The Labute approximate surface area is 152 Å². The third-order valence-electron chi connectivity index (χ3n) is 4.89. The Hall–Kier alpha value is -2.60. The van der Waals surface area contributed by atoms with Gasteiger partial charge in [-0.25, -0.2) is 4.98 Å². The number of amides is 1. The van der Waals surface area contributed by atoms with Crippen LogP contribution in [0.3, 0.4) is 0 Å². The van der Waals surface area contributed by atoms with Crippen molar-refractivity contribution in [2.45, 2.75) is 25.9 Å². The highest BCUT2D eigenvalue weighted by Gasteiger charge is 2.27. The van der Waals surface area contributed by atoms with Gasteiger partial charge in [0.1, 0.15) is 18.2 Å². The van der Waals surface area contributed by atoms with Crippen molar-refractivity contribution in [3.05, 3.63) is 53.7 Å². The summed E-state index contributed by atoms with van der Waals surface area (Å²) in [6.07, 6.45) is 2.96. The molecule has 0 radical (unpaired) electrons. The van der Waals surface area contributed by atoms with Crippen LogP contribution >= 0.6 is 0 Å². The fraction of sp³-hybridized carbons (Fsp3) is 0.400. The number of para-hydroxylation sites is 2. The first-order chi connectivity index (χ1) is 12.7. The van der Waals surface area contributed by atoms with Gasteiger partial charge in [0.15, 0.2) is 5.76 Å². The van der Waals surface area contributed by atoms with E-state index in [1.807, 2.05) is 29.2 Å². The molecule has 1 unspecified atom stereocenters. The number of piperidine rings is 1. The number of methoxy groups -OCH3 is 1. The zero-order valence-corrected chi connectivity index (χ0v) is 14.9.